The Kier molecular flexibility index (Phi) is 5.79. The highest BCUT2D eigenvalue weighted by atomic mass is 16.5. The van der Waals surface area contributed by atoms with Crippen LogP contribution in [0.3, 0.4) is 0 Å². The molecule has 0 aliphatic carbocycles. The minimum atomic E-state index is -0.0454. The van der Waals surface area contributed by atoms with Crippen LogP contribution in [0.2, 0.25) is 0 Å². The first-order chi connectivity index (χ1) is 10.2. The van der Waals surface area contributed by atoms with Gasteiger partial charge in [-0.1, -0.05) is 17.9 Å². The van der Waals surface area contributed by atoms with E-state index < -0.39 is 0 Å². The summed E-state index contributed by atoms with van der Waals surface area (Å²) in [6.07, 6.45) is 2.83. The lowest BCUT2D eigenvalue weighted by atomic mass is 10.1. The molecule has 0 saturated carbocycles. The second-order valence-electron chi connectivity index (χ2n) is 5.21. The van der Waals surface area contributed by atoms with Gasteiger partial charge < -0.3 is 15.2 Å². The van der Waals surface area contributed by atoms with Crippen molar-refractivity contribution in [2.75, 3.05) is 18.5 Å². The predicted octanol–water partition coefficient (Wildman–Crippen LogP) is 2.24. The number of nitrogens with one attached hydrogen (secondary N) is 1. The number of ether oxygens (including phenoxy) is 1. The molecular weight excluding hydrogens is 266 g/mol. The molecule has 0 radical (unpaired) electrons. The summed E-state index contributed by atoms with van der Waals surface area (Å²) >= 11 is 0. The van der Waals surface area contributed by atoms with Crippen molar-refractivity contribution >= 4 is 11.6 Å². The van der Waals surface area contributed by atoms with Gasteiger partial charge in [0.2, 0.25) is 5.91 Å². The van der Waals surface area contributed by atoms with Crippen LogP contribution in [0.4, 0.5) is 5.69 Å². The van der Waals surface area contributed by atoms with Crippen molar-refractivity contribution in [2.45, 2.75) is 38.7 Å². The number of anilines is 1. The molecule has 1 amide bonds. The lowest BCUT2D eigenvalue weighted by Gasteiger charge is -2.11. The number of carbonyl (C=O) groups excluding carboxylic acids is 1. The molecule has 4 nitrogen and oxygen atoms in total. The molecule has 1 atom stereocenters. The normalized spacial score (nSPS) is 17.1. The minimum absolute atomic E-state index is 0.0411. The molecule has 0 aromatic heterocycles. The number of hydrogen-bond donors (Lipinski definition) is 2. The van der Waals surface area contributed by atoms with E-state index in [1.54, 1.807) is 0 Å². The Labute approximate surface area is 125 Å². The van der Waals surface area contributed by atoms with Gasteiger partial charge in [0.25, 0.3) is 0 Å². The third kappa shape index (κ3) is 4.89. The van der Waals surface area contributed by atoms with E-state index in [0.717, 1.165) is 30.6 Å². The molecule has 4 heteroatoms. The zero-order valence-corrected chi connectivity index (χ0v) is 12.3. The van der Waals surface area contributed by atoms with E-state index in [1.807, 2.05) is 25.1 Å². The van der Waals surface area contributed by atoms with Crippen LogP contribution >= 0.6 is 0 Å². The summed E-state index contributed by atoms with van der Waals surface area (Å²) in [5.41, 5.74) is 2.58. The van der Waals surface area contributed by atoms with Gasteiger partial charge in [-0.3, -0.25) is 4.79 Å². The van der Waals surface area contributed by atoms with E-state index in [-0.39, 0.29) is 18.6 Å². The summed E-state index contributed by atoms with van der Waals surface area (Å²) in [6.45, 7) is 2.77. The Bertz CT molecular complexity index is 551. The van der Waals surface area contributed by atoms with E-state index >= 15 is 0 Å². The Morgan fingerprint density at radius 2 is 2.38 bits per heavy atom. The van der Waals surface area contributed by atoms with Crippen molar-refractivity contribution in [3.8, 4) is 11.8 Å². The number of aliphatic hydroxyl groups excluding tert-OH is 1. The largest absolute Gasteiger partial charge is 0.395 e. The van der Waals surface area contributed by atoms with Crippen LogP contribution in [0, 0.1) is 18.8 Å². The van der Waals surface area contributed by atoms with Gasteiger partial charge >= 0.3 is 0 Å². The SMILES string of the molecule is Cc1ccc(NC(=O)CC2CCCO2)c(C#CCCO)c1. The zero-order chi connectivity index (χ0) is 15.1. The monoisotopic (exact) mass is 287 g/mol. The van der Waals surface area contributed by atoms with E-state index in [0.29, 0.717) is 18.5 Å². The summed E-state index contributed by atoms with van der Waals surface area (Å²) in [7, 11) is 0. The van der Waals surface area contributed by atoms with E-state index in [9.17, 15) is 4.79 Å². The quantitative estimate of drug-likeness (QED) is 0.835. The molecule has 21 heavy (non-hydrogen) atoms. The molecule has 1 aromatic carbocycles. The number of carbonyl (C=O) groups is 1. The smallest absolute Gasteiger partial charge is 0.227 e. The molecule has 1 aromatic rings. The van der Waals surface area contributed by atoms with Gasteiger partial charge in [0, 0.05) is 18.6 Å². The first-order valence-corrected chi connectivity index (χ1v) is 7.31. The summed E-state index contributed by atoms with van der Waals surface area (Å²) < 4.78 is 5.47. The average Bonchev–Trinajstić information content (AvgIpc) is 2.95. The zero-order valence-electron chi connectivity index (χ0n) is 12.3. The maximum absolute atomic E-state index is 12.1. The molecule has 2 N–H and O–H groups in total. The molecule has 1 unspecified atom stereocenters. The van der Waals surface area contributed by atoms with Gasteiger partial charge in [-0.05, 0) is 37.5 Å². The molecule has 1 aliphatic rings. The van der Waals surface area contributed by atoms with Crippen molar-refractivity contribution in [1.29, 1.82) is 0 Å². The van der Waals surface area contributed by atoms with Gasteiger partial charge in [-0.15, -0.1) is 0 Å². The lowest BCUT2D eigenvalue weighted by Crippen LogP contribution is -2.19. The van der Waals surface area contributed by atoms with Gasteiger partial charge in [0.15, 0.2) is 0 Å². The van der Waals surface area contributed by atoms with E-state index in [2.05, 4.69) is 17.2 Å². The van der Waals surface area contributed by atoms with Crippen LogP contribution in [-0.2, 0) is 9.53 Å². The fourth-order valence-corrected chi connectivity index (χ4v) is 2.30. The Balaban J connectivity index is 2.04. The minimum Gasteiger partial charge on any atom is -0.395 e. The molecule has 1 heterocycles. The number of hydrogen-bond acceptors (Lipinski definition) is 3. The second kappa shape index (κ2) is 7.82. The third-order valence-corrected chi connectivity index (χ3v) is 3.35. The first kappa shape index (κ1) is 15.6. The van der Waals surface area contributed by atoms with Crippen LogP contribution < -0.4 is 5.32 Å². The van der Waals surface area contributed by atoms with Gasteiger partial charge in [0.05, 0.1) is 24.8 Å². The fourth-order valence-electron chi connectivity index (χ4n) is 2.30. The third-order valence-electron chi connectivity index (χ3n) is 3.35. The van der Waals surface area contributed by atoms with Gasteiger partial charge in [-0.25, -0.2) is 0 Å². The molecular formula is C17H21NO3. The summed E-state index contributed by atoms with van der Waals surface area (Å²) in [6, 6.07) is 5.75. The fraction of sp³-hybridized carbons (Fsp3) is 0.471. The lowest BCUT2D eigenvalue weighted by molar-refractivity contribution is -0.118. The maximum Gasteiger partial charge on any atom is 0.227 e. The molecule has 112 valence electrons. The predicted molar refractivity (Wildman–Crippen MR) is 82.0 cm³/mol. The van der Waals surface area contributed by atoms with Gasteiger partial charge in [0.1, 0.15) is 0 Å². The van der Waals surface area contributed by atoms with Crippen LogP contribution in [0.25, 0.3) is 0 Å². The summed E-state index contributed by atoms with van der Waals surface area (Å²) in [5, 5.41) is 11.7. The topological polar surface area (TPSA) is 58.6 Å². The highest BCUT2D eigenvalue weighted by molar-refractivity contribution is 5.92. The average molecular weight is 287 g/mol. The molecule has 1 fully saturated rings. The van der Waals surface area contributed by atoms with Gasteiger partial charge in [-0.2, -0.15) is 0 Å². The van der Waals surface area contributed by atoms with Crippen molar-refractivity contribution in [2.24, 2.45) is 0 Å². The molecule has 1 saturated heterocycles. The highest BCUT2D eigenvalue weighted by Crippen LogP contribution is 2.19. The molecule has 0 spiro atoms. The highest BCUT2D eigenvalue weighted by Gasteiger charge is 2.19. The van der Waals surface area contributed by atoms with E-state index in [1.165, 1.54) is 0 Å². The Hall–Kier alpha value is -1.83. The van der Waals surface area contributed by atoms with E-state index in [4.69, 9.17) is 9.84 Å². The summed E-state index contributed by atoms with van der Waals surface area (Å²) in [5.74, 6) is 5.84. The summed E-state index contributed by atoms with van der Waals surface area (Å²) in [4.78, 5) is 12.1. The number of aliphatic hydroxyl groups is 1. The van der Waals surface area contributed by atoms with Crippen LogP contribution in [0.5, 0.6) is 0 Å². The Morgan fingerprint density at radius 1 is 1.52 bits per heavy atom. The number of benzene rings is 1. The maximum atomic E-state index is 12.1. The second-order valence-corrected chi connectivity index (χ2v) is 5.21. The van der Waals surface area contributed by atoms with Crippen LogP contribution in [-0.4, -0.2) is 30.3 Å². The van der Waals surface area contributed by atoms with Crippen LogP contribution in [0.15, 0.2) is 18.2 Å². The van der Waals surface area contributed by atoms with Crippen molar-refractivity contribution in [1.82, 2.24) is 0 Å². The number of amides is 1. The molecule has 2 rings (SSSR count). The first-order valence-electron chi connectivity index (χ1n) is 7.31. The van der Waals surface area contributed by atoms with Crippen molar-refractivity contribution in [3.63, 3.8) is 0 Å². The molecule has 0 bridgehead atoms. The number of rotatable bonds is 4. The van der Waals surface area contributed by atoms with Crippen molar-refractivity contribution in [3.05, 3.63) is 29.3 Å². The Morgan fingerprint density at radius 3 is 3.10 bits per heavy atom. The standard InChI is InChI=1S/C17H21NO3/c1-13-7-8-16(14(11-13)5-2-3-9-19)18-17(20)12-15-6-4-10-21-15/h7-8,11,15,19H,3-4,6,9-10,12H2,1H3,(H,18,20). The van der Waals surface area contributed by atoms with Crippen LogP contribution in [0.1, 0.15) is 36.8 Å². The molecule has 1 aliphatic heterocycles. The number of aryl methyl sites for hydroxylation is 1. The van der Waals surface area contributed by atoms with Crippen molar-refractivity contribution < 1.29 is 14.6 Å².